The van der Waals surface area contributed by atoms with E-state index >= 15 is 0 Å². The van der Waals surface area contributed by atoms with Gasteiger partial charge in [-0.3, -0.25) is 0 Å². The second-order valence-corrected chi connectivity index (χ2v) is 2.85. The first-order valence-corrected chi connectivity index (χ1v) is 4.04. The summed E-state index contributed by atoms with van der Waals surface area (Å²) in [6.07, 6.45) is 0. The third-order valence-corrected chi connectivity index (χ3v) is 1.97. The zero-order valence-corrected chi connectivity index (χ0v) is 7.45. The summed E-state index contributed by atoms with van der Waals surface area (Å²) in [6.45, 7) is 0. The third-order valence-electron chi connectivity index (χ3n) is 1.37. The van der Waals surface area contributed by atoms with Gasteiger partial charge >= 0.3 is 0 Å². The largest absolute Gasteiger partial charge is 0.205 e. The maximum Gasteiger partial charge on any atom is 0.142 e. The summed E-state index contributed by atoms with van der Waals surface area (Å²) in [5, 5.41) is 8.56. The molecular formula is C8H4Cl2FN. The average molecular weight is 204 g/mol. The molecule has 0 atom stereocenters. The second kappa shape index (κ2) is 3.75. The molecule has 0 bridgehead atoms. The van der Waals surface area contributed by atoms with Gasteiger partial charge < -0.3 is 0 Å². The van der Waals surface area contributed by atoms with Gasteiger partial charge in [-0.2, -0.15) is 5.26 Å². The smallest absolute Gasteiger partial charge is 0.142 e. The number of hydrogen-bond acceptors (Lipinski definition) is 1. The molecule has 0 saturated carbocycles. The molecule has 0 aliphatic rings. The van der Waals surface area contributed by atoms with Gasteiger partial charge in [-0.05, 0) is 17.7 Å². The fourth-order valence-corrected chi connectivity index (χ4v) is 1.24. The fourth-order valence-electron chi connectivity index (χ4n) is 0.810. The van der Waals surface area contributed by atoms with Crippen molar-refractivity contribution in [3.63, 3.8) is 0 Å². The summed E-state index contributed by atoms with van der Waals surface area (Å²) in [4.78, 5) is 0. The van der Waals surface area contributed by atoms with Crippen LogP contribution in [0, 0.1) is 17.1 Å². The van der Waals surface area contributed by atoms with Gasteiger partial charge in [-0.25, -0.2) is 4.39 Å². The van der Waals surface area contributed by atoms with E-state index in [0.717, 1.165) is 0 Å². The Morgan fingerprint density at radius 2 is 2.17 bits per heavy atom. The number of benzene rings is 1. The molecule has 0 spiro atoms. The molecule has 0 radical (unpaired) electrons. The number of alkyl halides is 1. The van der Waals surface area contributed by atoms with Crippen LogP contribution in [-0.2, 0) is 5.88 Å². The molecule has 0 unspecified atom stereocenters. The van der Waals surface area contributed by atoms with Gasteiger partial charge in [-0.15, -0.1) is 11.6 Å². The predicted molar refractivity (Wildman–Crippen MR) is 45.7 cm³/mol. The molecule has 62 valence electrons. The first kappa shape index (κ1) is 9.31. The second-order valence-electron chi connectivity index (χ2n) is 2.18. The highest BCUT2D eigenvalue weighted by atomic mass is 35.5. The SMILES string of the molecule is N#Cc1c(F)cc(CCl)cc1Cl. The Balaban J connectivity index is 3.30. The van der Waals surface area contributed by atoms with Crippen LogP contribution in [0.3, 0.4) is 0 Å². The quantitative estimate of drug-likeness (QED) is 0.644. The molecule has 0 aromatic heterocycles. The van der Waals surface area contributed by atoms with Crippen LogP contribution in [0.4, 0.5) is 4.39 Å². The molecule has 1 rings (SSSR count). The van der Waals surface area contributed by atoms with Crippen molar-refractivity contribution in [3.8, 4) is 6.07 Å². The average Bonchev–Trinajstić information content (AvgIpc) is 2.03. The van der Waals surface area contributed by atoms with Crippen LogP contribution in [-0.4, -0.2) is 0 Å². The van der Waals surface area contributed by atoms with E-state index < -0.39 is 5.82 Å². The summed E-state index contributed by atoms with van der Waals surface area (Å²) < 4.78 is 12.9. The highest BCUT2D eigenvalue weighted by molar-refractivity contribution is 6.31. The predicted octanol–water partition coefficient (Wildman–Crippen LogP) is 3.09. The van der Waals surface area contributed by atoms with E-state index in [1.807, 2.05) is 0 Å². The molecule has 0 fully saturated rings. The Morgan fingerprint density at radius 1 is 1.50 bits per heavy atom. The lowest BCUT2D eigenvalue weighted by molar-refractivity contribution is 0.622. The van der Waals surface area contributed by atoms with Crippen molar-refractivity contribution in [1.82, 2.24) is 0 Å². The van der Waals surface area contributed by atoms with Crippen LogP contribution in [0.2, 0.25) is 5.02 Å². The van der Waals surface area contributed by atoms with E-state index in [9.17, 15) is 4.39 Å². The van der Waals surface area contributed by atoms with E-state index in [1.54, 1.807) is 6.07 Å². The van der Waals surface area contributed by atoms with E-state index in [2.05, 4.69) is 0 Å². The minimum atomic E-state index is -0.624. The van der Waals surface area contributed by atoms with Crippen molar-refractivity contribution in [2.45, 2.75) is 5.88 Å². The molecule has 1 aromatic rings. The highest BCUT2D eigenvalue weighted by Crippen LogP contribution is 2.21. The molecule has 0 amide bonds. The summed E-state index contributed by atoms with van der Waals surface area (Å²) in [5.41, 5.74) is 0.434. The lowest BCUT2D eigenvalue weighted by Crippen LogP contribution is -1.88. The Hall–Kier alpha value is -0.780. The lowest BCUT2D eigenvalue weighted by atomic mass is 10.1. The zero-order valence-electron chi connectivity index (χ0n) is 5.94. The molecule has 0 N–H and O–H groups in total. The number of halogens is 3. The Labute approximate surface area is 79.3 Å². The monoisotopic (exact) mass is 203 g/mol. The van der Waals surface area contributed by atoms with Gasteiger partial charge in [-0.1, -0.05) is 11.6 Å². The first-order chi connectivity index (χ1) is 5.69. The first-order valence-electron chi connectivity index (χ1n) is 3.13. The molecule has 12 heavy (non-hydrogen) atoms. The minimum Gasteiger partial charge on any atom is -0.205 e. The van der Waals surface area contributed by atoms with Crippen molar-refractivity contribution in [2.75, 3.05) is 0 Å². The van der Waals surface area contributed by atoms with E-state index in [4.69, 9.17) is 28.5 Å². The summed E-state index contributed by atoms with van der Waals surface area (Å²) >= 11 is 11.1. The van der Waals surface area contributed by atoms with Gasteiger partial charge in [0.2, 0.25) is 0 Å². The van der Waals surface area contributed by atoms with Gasteiger partial charge in [0.05, 0.1) is 5.02 Å². The molecular weight excluding hydrogens is 200 g/mol. The van der Waals surface area contributed by atoms with Crippen LogP contribution < -0.4 is 0 Å². The molecule has 0 aliphatic heterocycles. The number of nitriles is 1. The molecule has 4 heteroatoms. The maximum absolute atomic E-state index is 12.9. The topological polar surface area (TPSA) is 23.8 Å². The maximum atomic E-state index is 12.9. The zero-order chi connectivity index (χ0) is 9.14. The number of rotatable bonds is 1. The van der Waals surface area contributed by atoms with Crippen LogP contribution >= 0.6 is 23.2 Å². The summed E-state index contributed by atoms with van der Waals surface area (Å²) in [7, 11) is 0. The van der Waals surface area contributed by atoms with Gasteiger partial charge in [0, 0.05) is 5.88 Å². The highest BCUT2D eigenvalue weighted by Gasteiger charge is 2.07. The van der Waals surface area contributed by atoms with Gasteiger partial charge in [0.25, 0.3) is 0 Å². The molecule has 1 nitrogen and oxygen atoms in total. The summed E-state index contributed by atoms with van der Waals surface area (Å²) in [6, 6.07) is 4.35. The van der Waals surface area contributed by atoms with Crippen LogP contribution in [0.15, 0.2) is 12.1 Å². The number of hydrogen-bond donors (Lipinski definition) is 0. The van der Waals surface area contributed by atoms with E-state index in [-0.39, 0.29) is 16.5 Å². The molecule has 1 aromatic carbocycles. The van der Waals surface area contributed by atoms with Crippen molar-refractivity contribution in [2.24, 2.45) is 0 Å². The molecule has 0 aliphatic carbocycles. The van der Waals surface area contributed by atoms with Crippen LogP contribution in [0.5, 0.6) is 0 Å². The third kappa shape index (κ3) is 1.69. The Bertz CT molecular complexity index is 320. The Morgan fingerprint density at radius 3 is 2.58 bits per heavy atom. The van der Waals surface area contributed by atoms with Crippen molar-refractivity contribution >= 4 is 23.2 Å². The fraction of sp³-hybridized carbons (Fsp3) is 0.125. The van der Waals surface area contributed by atoms with E-state index in [1.165, 1.54) is 12.1 Å². The van der Waals surface area contributed by atoms with Crippen molar-refractivity contribution < 1.29 is 4.39 Å². The van der Waals surface area contributed by atoms with Crippen LogP contribution in [0.25, 0.3) is 0 Å². The Kier molecular flexibility index (Phi) is 2.91. The van der Waals surface area contributed by atoms with E-state index in [0.29, 0.717) is 5.56 Å². The standard InChI is InChI=1S/C8H4Cl2FN/c9-3-5-1-7(10)6(4-12)8(11)2-5/h1-2H,3H2. The van der Waals surface area contributed by atoms with Crippen molar-refractivity contribution in [3.05, 3.63) is 34.1 Å². The normalized spacial score (nSPS) is 9.50. The van der Waals surface area contributed by atoms with Crippen LogP contribution in [0.1, 0.15) is 11.1 Å². The van der Waals surface area contributed by atoms with Gasteiger partial charge in [0.15, 0.2) is 0 Å². The van der Waals surface area contributed by atoms with Gasteiger partial charge in [0.1, 0.15) is 17.4 Å². The van der Waals surface area contributed by atoms with Crippen molar-refractivity contribution in [1.29, 1.82) is 5.26 Å². The lowest BCUT2D eigenvalue weighted by Gasteiger charge is -1.99. The summed E-state index contributed by atoms with van der Waals surface area (Å²) in [5.74, 6) is -0.442. The molecule has 0 heterocycles. The molecule has 0 saturated heterocycles. The minimum absolute atomic E-state index is 0.105. The number of nitrogens with zero attached hydrogens (tertiary/aromatic N) is 1.